The summed E-state index contributed by atoms with van der Waals surface area (Å²) >= 11 is 0. The van der Waals surface area contributed by atoms with Crippen molar-refractivity contribution in [1.82, 2.24) is 15.1 Å². The molecular formula is C42H54N4O11. The summed E-state index contributed by atoms with van der Waals surface area (Å²) in [6, 6.07) is 11.8. The third kappa shape index (κ3) is 14.1. The van der Waals surface area contributed by atoms with Crippen LogP contribution in [-0.4, -0.2) is 88.2 Å². The first-order valence-corrected chi connectivity index (χ1v) is 19.3. The smallest absolute Gasteiger partial charge is 0.303 e. The van der Waals surface area contributed by atoms with Crippen LogP contribution in [0.25, 0.3) is 0 Å². The topological polar surface area (TPSA) is 204 Å². The number of nitrogens with two attached hydrogens (primary N) is 1. The molecule has 0 saturated heterocycles. The molecule has 6 rings (SSSR count). The first kappa shape index (κ1) is 44.0. The molecule has 4 N–H and O–H groups in total. The van der Waals surface area contributed by atoms with Crippen LogP contribution in [0.4, 0.5) is 0 Å². The lowest BCUT2D eigenvalue weighted by atomic mass is 10.1. The fourth-order valence-electron chi connectivity index (χ4n) is 6.20. The maximum absolute atomic E-state index is 11.9. The van der Waals surface area contributed by atoms with Gasteiger partial charge in [0.1, 0.15) is 0 Å². The maximum Gasteiger partial charge on any atom is 0.303 e. The number of unbranched alkanes of at least 4 members (excludes halogenated alkanes) is 4. The third-order valence-corrected chi connectivity index (χ3v) is 8.97. The van der Waals surface area contributed by atoms with Crippen LogP contribution in [0.2, 0.25) is 0 Å². The van der Waals surface area contributed by atoms with E-state index in [1.54, 1.807) is 0 Å². The van der Waals surface area contributed by atoms with Crippen molar-refractivity contribution in [3.63, 3.8) is 0 Å². The number of hydrogen-bond acceptors (Lipinski definition) is 11. The Bertz CT molecular complexity index is 1820. The zero-order valence-corrected chi connectivity index (χ0v) is 33.2. The van der Waals surface area contributed by atoms with E-state index in [-0.39, 0.29) is 36.0 Å². The lowest BCUT2D eigenvalue weighted by molar-refractivity contribution is -0.138. The zero-order valence-electron chi connectivity index (χ0n) is 33.2. The van der Waals surface area contributed by atoms with E-state index in [4.69, 9.17) is 29.8 Å². The van der Waals surface area contributed by atoms with E-state index in [2.05, 4.69) is 5.32 Å². The van der Waals surface area contributed by atoms with Gasteiger partial charge in [0.25, 0.3) is 23.6 Å². The van der Waals surface area contributed by atoms with Gasteiger partial charge in [-0.1, -0.05) is 25.0 Å². The minimum atomic E-state index is -0.815. The van der Waals surface area contributed by atoms with Gasteiger partial charge in [-0.15, -0.1) is 0 Å². The van der Waals surface area contributed by atoms with E-state index in [9.17, 15) is 28.8 Å². The molecule has 4 heterocycles. The van der Waals surface area contributed by atoms with Gasteiger partial charge in [0.2, 0.25) is 17.5 Å². The lowest BCUT2D eigenvalue weighted by Gasteiger charge is -2.16. The summed E-state index contributed by atoms with van der Waals surface area (Å²) in [5.74, 6) is 0.0645. The van der Waals surface area contributed by atoms with Gasteiger partial charge in [0, 0.05) is 84.5 Å². The van der Waals surface area contributed by atoms with Gasteiger partial charge in [0.05, 0.1) is 0 Å². The number of nitrogens with one attached hydrogen (secondary N) is 1. The average Bonchev–Trinajstić information content (AvgIpc) is 3.85. The Morgan fingerprint density at radius 2 is 1.04 bits per heavy atom. The van der Waals surface area contributed by atoms with Crippen LogP contribution in [-0.2, 0) is 41.6 Å². The van der Waals surface area contributed by atoms with Crippen molar-refractivity contribution in [3.05, 3.63) is 71.8 Å². The number of benzene rings is 2. The zero-order chi connectivity index (χ0) is 41.6. The summed E-state index contributed by atoms with van der Waals surface area (Å²) in [6.07, 6.45) is 11.4. The molecule has 2 aromatic rings. The first-order valence-electron chi connectivity index (χ1n) is 19.3. The number of carbonyl (C=O) groups excluding carboxylic acids is 5. The molecule has 4 aliphatic heterocycles. The molecule has 0 unspecified atom stereocenters. The largest absolute Gasteiger partial charge is 0.481 e. The number of ether oxygens (including phenoxy) is 4. The van der Waals surface area contributed by atoms with E-state index < -0.39 is 17.5 Å². The highest BCUT2D eigenvalue weighted by atomic mass is 16.7. The van der Waals surface area contributed by atoms with Crippen molar-refractivity contribution in [2.24, 2.45) is 5.73 Å². The molecule has 0 fully saturated rings. The van der Waals surface area contributed by atoms with Gasteiger partial charge in [-0.2, -0.15) is 0 Å². The quantitative estimate of drug-likeness (QED) is 0.149. The van der Waals surface area contributed by atoms with E-state index >= 15 is 0 Å². The third-order valence-electron chi connectivity index (χ3n) is 8.97. The number of hydrogen-bond donors (Lipinski definition) is 3. The summed E-state index contributed by atoms with van der Waals surface area (Å²) in [6.45, 7) is 9.53. The van der Waals surface area contributed by atoms with Crippen LogP contribution in [0.15, 0.2) is 60.7 Å². The monoisotopic (exact) mass is 790 g/mol. The Balaban J connectivity index is 0.000000209. The van der Waals surface area contributed by atoms with Crippen molar-refractivity contribution in [1.29, 1.82) is 0 Å². The van der Waals surface area contributed by atoms with Gasteiger partial charge in [-0.25, -0.2) is 0 Å². The molecule has 0 atom stereocenters. The second kappa shape index (κ2) is 20.5. The number of amides is 5. The highest BCUT2D eigenvalue weighted by molar-refractivity contribution is 6.13. The number of imide groups is 2. The molecule has 15 heteroatoms. The molecule has 0 spiro atoms. The summed E-state index contributed by atoms with van der Waals surface area (Å²) in [5, 5.41) is 11.3. The number of rotatable bonds is 17. The number of carbonyl (C=O) groups is 6. The van der Waals surface area contributed by atoms with Gasteiger partial charge < -0.3 is 35.1 Å². The minimum Gasteiger partial charge on any atom is -0.481 e. The predicted octanol–water partition coefficient (Wildman–Crippen LogP) is 4.59. The van der Waals surface area contributed by atoms with Crippen LogP contribution in [0.5, 0.6) is 23.0 Å². The van der Waals surface area contributed by atoms with Crippen molar-refractivity contribution < 1.29 is 52.8 Å². The van der Waals surface area contributed by atoms with Gasteiger partial charge in [-0.3, -0.25) is 38.6 Å². The van der Waals surface area contributed by atoms with Gasteiger partial charge in [-0.05, 0) is 80.5 Å². The standard InChI is InChI=1S/C21H26N2O5.C11H15NO2.C10H13NO4/c1-21(2)27-16-8-7-15(14-17(16)28-21)11-12-22-18(24)6-4-3-5-13-23-19(25)9-10-20(23)26;1-11(2)13-9-4-3-8(5-6-12)7-10(9)14-11;12-8-5-6-9(13)11(8)7-3-1-2-4-10(14)15/h7-10,14H,3-6,11-13H2,1-2H3,(H,22,24);3-4,7H,5-6,12H2,1-2H3;5-6H,1-4,7H2,(H,14,15). The minimum absolute atomic E-state index is 0.0110. The van der Waals surface area contributed by atoms with E-state index in [0.717, 1.165) is 54.2 Å². The van der Waals surface area contributed by atoms with Crippen molar-refractivity contribution >= 4 is 35.5 Å². The van der Waals surface area contributed by atoms with E-state index in [1.807, 2.05) is 64.1 Å². The molecule has 0 bridgehead atoms. The van der Waals surface area contributed by atoms with Crippen LogP contribution in [0.3, 0.4) is 0 Å². The molecule has 308 valence electrons. The number of aliphatic carboxylic acids is 1. The molecular weight excluding hydrogens is 736 g/mol. The first-order chi connectivity index (χ1) is 27.1. The van der Waals surface area contributed by atoms with Crippen molar-refractivity contribution in [2.75, 3.05) is 26.2 Å². The summed E-state index contributed by atoms with van der Waals surface area (Å²) < 4.78 is 22.6. The second-order valence-electron chi connectivity index (χ2n) is 14.7. The molecule has 5 amide bonds. The summed E-state index contributed by atoms with van der Waals surface area (Å²) in [4.78, 5) is 69.5. The van der Waals surface area contributed by atoms with Crippen LogP contribution in [0.1, 0.15) is 90.2 Å². The van der Waals surface area contributed by atoms with Crippen molar-refractivity contribution in [3.8, 4) is 23.0 Å². The highest BCUT2D eigenvalue weighted by Gasteiger charge is 2.32. The Kier molecular flexibility index (Phi) is 15.8. The van der Waals surface area contributed by atoms with Crippen LogP contribution < -0.4 is 30.0 Å². The Labute approximate surface area is 333 Å². The Hall–Kier alpha value is -5.70. The van der Waals surface area contributed by atoms with Crippen LogP contribution in [0, 0.1) is 0 Å². The van der Waals surface area contributed by atoms with E-state index in [0.29, 0.717) is 58.3 Å². The SMILES string of the molecule is CC1(C)Oc2ccc(CCN)cc2O1.CC1(C)Oc2ccc(CCNC(=O)CCCCCN3C(=O)C=CC3=O)cc2O1.O=C(O)CCCCCN1C(=O)C=CC1=O. The molecule has 0 aromatic heterocycles. The molecule has 15 nitrogen and oxygen atoms in total. The van der Waals surface area contributed by atoms with Crippen LogP contribution >= 0.6 is 0 Å². The second-order valence-corrected chi connectivity index (χ2v) is 14.7. The normalized spacial score (nSPS) is 16.4. The number of carboxylic acid groups (broad SMARTS) is 1. The molecule has 0 aliphatic carbocycles. The Morgan fingerprint density at radius 3 is 1.47 bits per heavy atom. The number of carboxylic acids is 1. The fraction of sp³-hybridized carbons (Fsp3) is 0.476. The molecule has 4 aliphatic rings. The lowest BCUT2D eigenvalue weighted by Crippen LogP contribution is -2.30. The highest BCUT2D eigenvalue weighted by Crippen LogP contribution is 2.40. The summed E-state index contributed by atoms with van der Waals surface area (Å²) in [7, 11) is 0. The number of fused-ring (bicyclic) bond motifs is 2. The molecule has 0 radical (unpaired) electrons. The average molecular weight is 791 g/mol. The fourth-order valence-corrected chi connectivity index (χ4v) is 6.20. The van der Waals surface area contributed by atoms with Gasteiger partial charge >= 0.3 is 5.97 Å². The Morgan fingerprint density at radius 1 is 0.614 bits per heavy atom. The summed E-state index contributed by atoms with van der Waals surface area (Å²) in [5.41, 5.74) is 7.75. The van der Waals surface area contributed by atoms with Gasteiger partial charge in [0.15, 0.2) is 23.0 Å². The molecule has 0 saturated carbocycles. The molecule has 57 heavy (non-hydrogen) atoms. The maximum atomic E-state index is 11.9. The van der Waals surface area contributed by atoms with Crippen molar-refractivity contribution in [2.45, 2.75) is 103 Å². The van der Waals surface area contributed by atoms with E-state index in [1.165, 1.54) is 39.7 Å². The molecule has 2 aromatic carbocycles. The predicted molar refractivity (Wildman–Crippen MR) is 209 cm³/mol. The number of nitrogens with zero attached hydrogens (tertiary/aromatic N) is 2.